The number of fused-ring (bicyclic) bond motifs is 1. The summed E-state index contributed by atoms with van der Waals surface area (Å²) in [6, 6.07) is 0. The Labute approximate surface area is 181 Å². The molecule has 0 saturated carbocycles. The molecule has 9 heteroatoms. The maximum atomic E-state index is 12.6. The Bertz CT molecular complexity index is 799. The van der Waals surface area contributed by atoms with Gasteiger partial charge in [-0.05, 0) is 31.2 Å². The number of hydrogen-bond acceptors (Lipinski definition) is 7. The number of hydrogen-bond donors (Lipinski definition) is 2. The Balaban J connectivity index is 1.52. The second-order valence-electron chi connectivity index (χ2n) is 7.60. The molecule has 2 amide bonds. The summed E-state index contributed by atoms with van der Waals surface area (Å²) in [5.74, 6) is -0.526. The number of carbonyl (C=O) groups excluding carboxylic acids is 3. The van der Waals surface area contributed by atoms with Gasteiger partial charge in [0.05, 0.1) is 25.8 Å². The molecule has 0 spiro atoms. The normalized spacial score (nSPS) is 17.1. The van der Waals surface area contributed by atoms with Crippen molar-refractivity contribution in [1.82, 2.24) is 15.1 Å². The summed E-state index contributed by atoms with van der Waals surface area (Å²) >= 11 is 1.50. The van der Waals surface area contributed by atoms with E-state index in [0.717, 1.165) is 44.3 Å². The molecule has 8 nitrogen and oxygen atoms in total. The number of nitrogens with zero attached hydrogens (tertiary/aromatic N) is 2. The topological polar surface area (TPSA) is 91.0 Å². The van der Waals surface area contributed by atoms with E-state index in [1.807, 2.05) is 0 Å². The molecule has 1 saturated heterocycles. The van der Waals surface area contributed by atoms with Crippen LogP contribution in [0.5, 0.6) is 0 Å². The lowest BCUT2D eigenvalue weighted by Crippen LogP contribution is -2.51. The number of ether oxygens (including phenoxy) is 1. The number of methoxy groups -OCH3 is 1. The number of thiophene rings is 1. The largest absolute Gasteiger partial charge is 0.465 e. The monoisotopic (exact) mass is 434 g/mol. The molecule has 3 rings (SSSR count). The molecule has 164 valence electrons. The van der Waals surface area contributed by atoms with Crippen LogP contribution in [0.4, 0.5) is 5.00 Å². The fraction of sp³-hybridized carbons (Fsp3) is 0.571. The first-order valence-electron chi connectivity index (χ1n) is 10.4. The van der Waals surface area contributed by atoms with Crippen LogP contribution in [0.3, 0.4) is 0 Å². The average molecular weight is 435 g/mol. The third-order valence-electron chi connectivity index (χ3n) is 5.46. The highest BCUT2D eigenvalue weighted by molar-refractivity contribution is 7.17. The third-order valence-corrected chi connectivity index (χ3v) is 6.66. The zero-order valence-electron chi connectivity index (χ0n) is 17.5. The van der Waals surface area contributed by atoms with E-state index in [-0.39, 0.29) is 24.3 Å². The summed E-state index contributed by atoms with van der Waals surface area (Å²) in [6.07, 6.45) is 5.62. The van der Waals surface area contributed by atoms with Crippen molar-refractivity contribution in [1.29, 1.82) is 0 Å². The SMILES string of the molecule is C=CCNC(=O)CN1CCN(CC(=O)Nc2sc3c(c2C(=O)OC)CCCC3)CC1. The van der Waals surface area contributed by atoms with Crippen LogP contribution in [0.15, 0.2) is 12.7 Å². The van der Waals surface area contributed by atoms with E-state index >= 15 is 0 Å². The fourth-order valence-corrected chi connectivity index (χ4v) is 5.19. The van der Waals surface area contributed by atoms with Crippen LogP contribution in [0, 0.1) is 0 Å². The zero-order chi connectivity index (χ0) is 21.5. The number of nitrogens with one attached hydrogen (secondary N) is 2. The molecule has 0 unspecified atom stereocenters. The Kier molecular flexibility index (Phi) is 8.01. The van der Waals surface area contributed by atoms with Crippen LogP contribution in [0.1, 0.15) is 33.6 Å². The lowest BCUT2D eigenvalue weighted by atomic mass is 9.95. The van der Waals surface area contributed by atoms with Crippen LogP contribution >= 0.6 is 11.3 Å². The second-order valence-corrected chi connectivity index (χ2v) is 8.71. The smallest absolute Gasteiger partial charge is 0.341 e. The first-order valence-corrected chi connectivity index (χ1v) is 11.2. The van der Waals surface area contributed by atoms with Gasteiger partial charge in [0.2, 0.25) is 11.8 Å². The van der Waals surface area contributed by atoms with Crippen LogP contribution in [-0.4, -0.2) is 80.5 Å². The minimum atomic E-state index is -0.381. The number of aryl methyl sites for hydroxylation is 1. The highest BCUT2D eigenvalue weighted by atomic mass is 32.1. The molecule has 0 aromatic carbocycles. The Hall–Kier alpha value is -2.23. The van der Waals surface area contributed by atoms with Crippen molar-refractivity contribution in [2.75, 3.05) is 58.2 Å². The fourth-order valence-electron chi connectivity index (χ4n) is 3.89. The number of rotatable bonds is 8. The number of carbonyl (C=O) groups is 3. The first-order chi connectivity index (χ1) is 14.5. The predicted molar refractivity (Wildman–Crippen MR) is 117 cm³/mol. The van der Waals surface area contributed by atoms with Crippen molar-refractivity contribution in [3.63, 3.8) is 0 Å². The molecule has 1 aliphatic heterocycles. The minimum Gasteiger partial charge on any atom is -0.465 e. The molecule has 2 aliphatic rings. The molecule has 1 fully saturated rings. The standard InChI is InChI=1S/C21H30N4O4S/c1-3-8-22-17(26)13-24-9-11-25(12-10-24)14-18(27)23-20-19(21(28)29-2)15-6-4-5-7-16(15)30-20/h3H,1,4-14H2,2H3,(H,22,26)(H,23,27). The number of esters is 1. The van der Waals surface area contributed by atoms with Crippen LogP contribution in [0.2, 0.25) is 0 Å². The van der Waals surface area contributed by atoms with Gasteiger partial charge in [-0.15, -0.1) is 17.9 Å². The van der Waals surface area contributed by atoms with E-state index in [9.17, 15) is 14.4 Å². The van der Waals surface area contributed by atoms with E-state index in [1.165, 1.54) is 23.3 Å². The van der Waals surface area contributed by atoms with Gasteiger partial charge in [-0.1, -0.05) is 6.08 Å². The third kappa shape index (κ3) is 5.68. The number of amides is 2. The minimum absolute atomic E-state index is 0.0157. The summed E-state index contributed by atoms with van der Waals surface area (Å²) in [5.41, 5.74) is 1.57. The van der Waals surface area contributed by atoms with Crippen molar-refractivity contribution in [2.45, 2.75) is 25.7 Å². The zero-order valence-corrected chi connectivity index (χ0v) is 18.3. The lowest BCUT2D eigenvalue weighted by Gasteiger charge is -2.33. The summed E-state index contributed by atoms with van der Waals surface area (Å²) in [4.78, 5) is 42.1. The van der Waals surface area contributed by atoms with Crippen molar-refractivity contribution >= 4 is 34.1 Å². The molecule has 1 aromatic heterocycles. The summed E-state index contributed by atoms with van der Waals surface area (Å²) in [5, 5.41) is 6.33. The van der Waals surface area contributed by atoms with E-state index in [1.54, 1.807) is 6.08 Å². The van der Waals surface area contributed by atoms with Gasteiger partial charge in [0.1, 0.15) is 5.00 Å². The van der Waals surface area contributed by atoms with Gasteiger partial charge in [0.25, 0.3) is 0 Å². The van der Waals surface area contributed by atoms with Crippen LogP contribution in [0.25, 0.3) is 0 Å². The van der Waals surface area contributed by atoms with Gasteiger partial charge in [0.15, 0.2) is 0 Å². The molecule has 2 N–H and O–H groups in total. The molecule has 0 atom stereocenters. The summed E-state index contributed by atoms with van der Waals surface area (Å²) in [7, 11) is 1.37. The van der Waals surface area contributed by atoms with E-state index in [4.69, 9.17) is 4.74 Å². The van der Waals surface area contributed by atoms with Crippen molar-refractivity contribution in [2.24, 2.45) is 0 Å². The predicted octanol–water partition coefficient (Wildman–Crippen LogP) is 1.27. The van der Waals surface area contributed by atoms with Gasteiger partial charge in [0, 0.05) is 37.6 Å². The van der Waals surface area contributed by atoms with Gasteiger partial charge in [-0.25, -0.2) is 4.79 Å². The maximum Gasteiger partial charge on any atom is 0.341 e. The van der Waals surface area contributed by atoms with E-state index in [2.05, 4.69) is 27.0 Å². The Morgan fingerprint density at radius 3 is 2.33 bits per heavy atom. The van der Waals surface area contributed by atoms with E-state index in [0.29, 0.717) is 36.7 Å². The van der Waals surface area contributed by atoms with Gasteiger partial charge in [-0.2, -0.15) is 0 Å². The van der Waals surface area contributed by atoms with Crippen molar-refractivity contribution < 1.29 is 19.1 Å². The molecule has 30 heavy (non-hydrogen) atoms. The van der Waals surface area contributed by atoms with Gasteiger partial charge >= 0.3 is 5.97 Å². The van der Waals surface area contributed by atoms with Crippen LogP contribution < -0.4 is 10.6 Å². The quantitative estimate of drug-likeness (QED) is 0.473. The first kappa shape index (κ1) is 22.5. The lowest BCUT2D eigenvalue weighted by molar-refractivity contribution is -0.123. The molecule has 1 aromatic rings. The average Bonchev–Trinajstić information content (AvgIpc) is 3.10. The van der Waals surface area contributed by atoms with Crippen LogP contribution in [-0.2, 0) is 27.2 Å². The maximum absolute atomic E-state index is 12.6. The van der Waals surface area contributed by atoms with Crippen molar-refractivity contribution in [3.05, 3.63) is 28.7 Å². The number of anilines is 1. The van der Waals surface area contributed by atoms with E-state index < -0.39 is 0 Å². The summed E-state index contributed by atoms with van der Waals surface area (Å²) < 4.78 is 4.96. The molecule has 0 radical (unpaired) electrons. The van der Waals surface area contributed by atoms with Gasteiger partial charge in [-0.3, -0.25) is 19.4 Å². The second kappa shape index (κ2) is 10.7. The molecular weight excluding hydrogens is 404 g/mol. The molecular formula is C21H30N4O4S. The molecule has 2 heterocycles. The Morgan fingerprint density at radius 1 is 1.07 bits per heavy atom. The Morgan fingerprint density at radius 2 is 1.70 bits per heavy atom. The highest BCUT2D eigenvalue weighted by Crippen LogP contribution is 2.38. The molecule has 0 bridgehead atoms. The molecule has 1 aliphatic carbocycles. The number of piperazine rings is 1. The van der Waals surface area contributed by atoms with Gasteiger partial charge < -0.3 is 15.4 Å². The van der Waals surface area contributed by atoms with Crippen molar-refractivity contribution in [3.8, 4) is 0 Å². The highest BCUT2D eigenvalue weighted by Gasteiger charge is 2.27. The summed E-state index contributed by atoms with van der Waals surface area (Å²) in [6.45, 7) is 7.57.